The number of carbonyl (C=O) groups excluding carboxylic acids is 1. The fourth-order valence-corrected chi connectivity index (χ4v) is 5.63. The summed E-state index contributed by atoms with van der Waals surface area (Å²) in [6, 6.07) is 3.18. The molecule has 23 heavy (non-hydrogen) atoms. The van der Waals surface area contributed by atoms with E-state index in [4.69, 9.17) is 10.2 Å². The third-order valence-corrected chi connectivity index (χ3v) is 7.03. The van der Waals surface area contributed by atoms with Crippen LogP contribution in [0.4, 0.5) is 0 Å². The maximum atomic E-state index is 13.1. The molecule has 2 saturated heterocycles. The first-order valence-electron chi connectivity index (χ1n) is 8.02. The molecule has 2 aliphatic rings. The third kappa shape index (κ3) is 3.02. The van der Waals surface area contributed by atoms with E-state index in [2.05, 4.69) is 0 Å². The predicted molar refractivity (Wildman–Crippen MR) is 84.4 cm³/mol. The van der Waals surface area contributed by atoms with E-state index in [0.717, 1.165) is 12.8 Å². The van der Waals surface area contributed by atoms with Crippen LogP contribution in [0, 0.1) is 5.92 Å². The van der Waals surface area contributed by atoms with Gasteiger partial charge in [0, 0.05) is 19.1 Å². The quantitative estimate of drug-likeness (QED) is 0.891. The van der Waals surface area contributed by atoms with Crippen LogP contribution in [0.25, 0.3) is 0 Å². The van der Waals surface area contributed by atoms with E-state index < -0.39 is 22.0 Å². The molecule has 8 heteroatoms. The van der Waals surface area contributed by atoms with Gasteiger partial charge in [-0.15, -0.1) is 0 Å². The molecule has 2 fully saturated rings. The van der Waals surface area contributed by atoms with Crippen LogP contribution in [0.5, 0.6) is 0 Å². The first-order valence-corrected chi connectivity index (χ1v) is 9.42. The van der Waals surface area contributed by atoms with Crippen LogP contribution < -0.4 is 5.73 Å². The largest absolute Gasteiger partial charge is 0.468 e. The monoisotopic (exact) mass is 341 g/mol. The van der Waals surface area contributed by atoms with E-state index in [1.54, 1.807) is 12.3 Å². The van der Waals surface area contributed by atoms with E-state index in [0.29, 0.717) is 25.1 Å². The number of carbonyl (C=O) groups is 1. The average molecular weight is 341 g/mol. The van der Waals surface area contributed by atoms with E-state index in [1.165, 1.54) is 8.61 Å². The van der Waals surface area contributed by atoms with Gasteiger partial charge in [-0.05, 0) is 44.7 Å². The Hall–Kier alpha value is -1.38. The van der Waals surface area contributed by atoms with Crippen LogP contribution in [0.15, 0.2) is 22.8 Å². The molecular formula is C15H23N3O4S. The molecule has 0 bridgehead atoms. The van der Waals surface area contributed by atoms with Gasteiger partial charge in [0.15, 0.2) is 0 Å². The van der Waals surface area contributed by atoms with E-state index >= 15 is 0 Å². The molecule has 3 heterocycles. The maximum Gasteiger partial charge on any atom is 0.282 e. The molecule has 1 amide bonds. The Balaban J connectivity index is 1.86. The molecule has 3 atom stereocenters. The molecule has 128 valence electrons. The van der Waals surface area contributed by atoms with Gasteiger partial charge in [0.25, 0.3) is 10.2 Å². The predicted octanol–water partition coefficient (Wildman–Crippen LogP) is 1.25. The van der Waals surface area contributed by atoms with Gasteiger partial charge < -0.3 is 10.2 Å². The molecule has 0 unspecified atom stereocenters. The fraction of sp³-hybridized carbons (Fsp3) is 0.667. The van der Waals surface area contributed by atoms with Crippen molar-refractivity contribution in [3.8, 4) is 0 Å². The second-order valence-electron chi connectivity index (χ2n) is 6.39. The van der Waals surface area contributed by atoms with Crippen molar-refractivity contribution in [2.24, 2.45) is 11.7 Å². The number of nitrogens with two attached hydrogens (primary N) is 1. The Labute approximate surface area is 136 Å². The number of rotatable bonds is 4. The molecule has 0 spiro atoms. The Bertz CT molecular complexity index is 658. The molecule has 7 nitrogen and oxygen atoms in total. The molecule has 0 aliphatic carbocycles. The summed E-state index contributed by atoms with van der Waals surface area (Å²) in [5.74, 6) is -0.172. The number of piperidine rings is 1. The highest BCUT2D eigenvalue weighted by Gasteiger charge is 2.44. The molecule has 1 aromatic rings. The van der Waals surface area contributed by atoms with Crippen molar-refractivity contribution in [3.63, 3.8) is 0 Å². The van der Waals surface area contributed by atoms with Gasteiger partial charge >= 0.3 is 0 Å². The minimum absolute atomic E-state index is 0.131. The van der Waals surface area contributed by atoms with E-state index in [-0.39, 0.29) is 18.6 Å². The molecule has 1 aromatic heterocycles. The number of furan rings is 1. The summed E-state index contributed by atoms with van der Waals surface area (Å²) < 4.78 is 34.6. The minimum atomic E-state index is -3.65. The third-order valence-electron chi connectivity index (χ3n) is 4.90. The number of primary amides is 1. The lowest BCUT2D eigenvalue weighted by molar-refractivity contribution is -0.123. The van der Waals surface area contributed by atoms with Gasteiger partial charge in [0.05, 0.1) is 18.2 Å². The van der Waals surface area contributed by atoms with Gasteiger partial charge in [0.2, 0.25) is 5.91 Å². The first-order chi connectivity index (χ1) is 10.9. The number of hydrogen-bond donors (Lipinski definition) is 1. The lowest BCUT2D eigenvalue weighted by atomic mass is 9.95. The topological polar surface area (TPSA) is 96.8 Å². The first kappa shape index (κ1) is 16.5. The summed E-state index contributed by atoms with van der Waals surface area (Å²) in [6.45, 7) is 2.52. The smallest absolute Gasteiger partial charge is 0.282 e. The van der Waals surface area contributed by atoms with Crippen molar-refractivity contribution >= 4 is 16.1 Å². The Kier molecular flexibility index (Phi) is 4.48. The highest BCUT2D eigenvalue weighted by Crippen LogP contribution is 2.37. The number of amides is 1. The van der Waals surface area contributed by atoms with Gasteiger partial charge in [-0.25, -0.2) is 0 Å². The summed E-state index contributed by atoms with van der Waals surface area (Å²) in [4.78, 5) is 11.5. The van der Waals surface area contributed by atoms with Crippen LogP contribution in [0.1, 0.15) is 44.4 Å². The van der Waals surface area contributed by atoms with Gasteiger partial charge in [0.1, 0.15) is 5.76 Å². The minimum Gasteiger partial charge on any atom is -0.468 e. The lowest BCUT2D eigenvalue weighted by Gasteiger charge is -2.39. The highest BCUT2D eigenvalue weighted by molar-refractivity contribution is 7.86. The number of hydrogen-bond acceptors (Lipinski definition) is 4. The molecular weight excluding hydrogens is 318 g/mol. The molecule has 0 saturated carbocycles. The van der Waals surface area contributed by atoms with Crippen LogP contribution in [0.3, 0.4) is 0 Å². The summed E-state index contributed by atoms with van der Waals surface area (Å²) in [5.41, 5.74) is 5.39. The van der Waals surface area contributed by atoms with Crippen molar-refractivity contribution in [3.05, 3.63) is 24.2 Å². The van der Waals surface area contributed by atoms with Gasteiger partial charge in [-0.3, -0.25) is 4.79 Å². The summed E-state index contributed by atoms with van der Waals surface area (Å²) >= 11 is 0. The van der Waals surface area contributed by atoms with Crippen molar-refractivity contribution in [2.75, 3.05) is 13.1 Å². The van der Waals surface area contributed by atoms with Crippen molar-refractivity contribution in [1.82, 2.24) is 8.61 Å². The van der Waals surface area contributed by atoms with Gasteiger partial charge in [-0.2, -0.15) is 17.0 Å². The maximum absolute atomic E-state index is 13.1. The van der Waals surface area contributed by atoms with Crippen LogP contribution >= 0.6 is 0 Å². The zero-order valence-electron chi connectivity index (χ0n) is 13.2. The standard InChI is InChI=1S/C15H23N3O4S/c1-11-6-7-12(15(16)19)10-18(11)23(20,21)17-8-2-4-13(17)14-5-3-9-22-14/h3,5,9,11-13H,2,4,6-8,10H2,1H3,(H2,16,19)/t11-,12-,13-/m1/s1. The molecule has 3 rings (SSSR count). The van der Waals surface area contributed by atoms with Crippen LogP contribution in [0.2, 0.25) is 0 Å². The van der Waals surface area contributed by atoms with Crippen molar-refractivity contribution in [2.45, 2.75) is 44.7 Å². The second-order valence-corrected chi connectivity index (χ2v) is 8.22. The number of nitrogens with zero attached hydrogens (tertiary/aromatic N) is 2. The highest BCUT2D eigenvalue weighted by atomic mass is 32.2. The Morgan fingerprint density at radius 3 is 2.74 bits per heavy atom. The normalized spacial score (nSPS) is 30.6. The van der Waals surface area contributed by atoms with E-state index in [9.17, 15) is 13.2 Å². The van der Waals surface area contributed by atoms with Crippen molar-refractivity contribution < 1.29 is 17.6 Å². The SMILES string of the molecule is C[C@@H]1CC[C@@H](C(N)=O)CN1S(=O)(=O)N1CCC[C@@H]1c1ccco1. The molecule has 0 radical (unpaired) electrons. The zero-order chi connectivity index (χ0) is 16.6. The summed E-state index contributed by atoms with van der Waals surface area (Å²) in [5, 5.41) is 0. The van der Waals surface area contributed by atoms with E-state index in [1.807, 2.05) is 13.0 Å². The van der Waals surface area contributed by atoms with Crippen LogP contribution in [-0.2, 0) is 15.0 Å². The fourth-order valence-electron chi connectivity index (χ4n) is 3.54. The molecule has 2 N–H and O–H groups in total. The molecule has 0 aromatic carbocycles. The van der Waals surface area contributed by atoms with Gasteiger partial charge in [-0.1, -0.05) is 0 Å². The van der Waals surface area contributed by atoms with Crippen molar-refractivity contribution in [1.29, 1.82) is 0 Å². The summed E-state index contributed by atoms with van der Waals surface area (Å²) in [6.07, 6.45) is 4.39. The zero-order valence-corrected chi connectivity index (χ0v) is 14.0. The van der Waals surface area contributed by atoms with Crippen LogP contribution in [-0.4, -0.2) is 42.1 Å². The summed E-state index contributed by atoms with van der Waals surface area (Å²) in [7, 11) is -3.65. The molecule has 2 aliphatic heterocycles. The Morgan fingerprint density at radius 2 is 2.09 bits per heavy atom. The Morgan fingerprint density at radius 1 is 1.30 bits per heavy atom. The average Bonchev–Trinajstić information content (AvgIpc) is 3.18. The second kappa shape index (κ2) is 6.26. The lowest BCUT2D eigenvalue weighted by Crippen LogP contribution is -2.53.